The van der Waals surface area contributed by atoms with E-state index in [0.29, 0.717) is 11.3 Å². The summed E-state index contributed by atoms with van der Waals surface area (Å²) in [4.78, 5) is 12.0. The molecule has 5 nitrogen and oxygen atoms in total. The van der Waals surface area contributed by atoms with Crippen LogP contribution in [0.1, 0.15) is 5.56 Å². The first kappa shape index (κ1) is 16.6. The Labute approximate surface area is 132 Å². The zero-order valence-electron chi connectivity index (χ0n) is 12.0. The minimum Gasteiger partial charge on any atom is -0.325 e. The molecule has 1 aromatic heterocycles. The van der Waals surface area contributed by atoms with Crippen molar-refractivity contribution in [2.75, 3.05) is 18.9 Å². The number of hydrogen-bond acceptors (Lipinski definition) is 4. The highest BCUT2D eigenvalue weighted by Crippen LogP contribution is 2.20. The van der Waals surface area contributed by atoms with E-state index in [-0.39, 0.29) is 10.8 Å². The van der Waals surface area contributed by atoms with Gasteiger partial charge < -0.3 is 5.32 Å². The second-order valence-electron chi connectivity index (χ2n) is 4.70. The van der Waals surface area contributed by atoms with E-state index in [9.17, 15) is 17.6 Å². The molecule has 1 N–H and O–H groups in total. The lowest BCUT2D eigenvalue weighted by atomic mass is 10.2. The fraction of sp³-hybridized carbons (Fsp3) is 0.214. The summed E-state index contributed by atoms with van der Waals surface area (Å²) >= 11 is 1.09. The van der Waals surface area contributed by atoms with Gasteiger partial charge in [-0.25, -0.2) is 12.8 Å². The van der Waals surface area contributed by atoms with Crippen molar-refractivity contribution < 1.29 is 17.6 Å². The van der Waals surface area contributed by atoms with Crippen molar-refractivity contribution in [3.63, 3.8) is 0 Å². The van der Waals surface area contributed by atoms with Crippen LogP contribution >= 0.6 is 11.3 Å². The first-order chi connectivity index (χ1) is 10.3. The summed E-state index contributed by atoms with van der Waals surface area (Å²) in [5.74, 6) is -0.884. The van der Waals surface area contributed by atoms with E-state index in [0.717, 1.165) is 15.6 Å². The summed E-state index contributed by atoms with van der Waals surface area (Å²) in [5.41, 5.74) is 1.02. The molecule has 0 unspecified atom stereocenters. The Morgan fingerprint density at radius 3 is 2.68 bits per heavy atom. The molecule has 22 heavy (non-hydrogen) atoms. The number of thiophene rings is 1. The largest absolute Gasteiger partial charge is 0.325 e. The number of carbonyl (C=O) groups excluding carboxylic acids is 1. The maximum atomic E-state index is 13.0. The highest BCUT2D eigenvalue weighted by molar-refractivity contribution is 7.91. The predicted octanol–water partition coefficient (Wildman–Crippen LogP) is 2.45. The summed E-state index contributed by atoms with van der Waals surface area (Å²) in [6, 6.07) is 7.08. The van der Waals surface area contributed by atoms with Crippen LogP contribution in [-0.2, 0) is 14.8 Å². The maximum Gasteiger partial charge on any atom is 0.252 e. The molecule has 2 rings (SSSR count). The van der Waals surface area contributed by atoms with Crippen molar-refractivity contribution in [2.45, 2.75) is 11.1 Å². The van der Waals surface area contributed by atoms with Crippen molar-refractivity contribution in [3.8, 4) is 0 Å². The van der Waals surface area contributed by atoms with E-state index < -0.39 is 21.7 Å². The molecule has 0 aliphatic carbocycles. The molecule has 0 aliphatic heterocycles. The number of hydrogen-bond donors (Lipinski definition) is 1. The van der Waals surface area contributed by atoms with Gasteiger partial charge in [-0.2, -0.15) is 4.31 Å². The highest BCUT2D eigenvalue weighted by atomic mass is 32.2. The average molecular weight is 342 g/mol. The van der Waals surface area contributed by atoms with Crippen LogP contribution in [0.15, 0.2) is 39.9 Å². The number of rotatable bonds is 5. The third-order valence-electron chi connectivity index (χ3n) is 2.99. The highest BCUT2D eigenvalue weighted by Gasteiger charge is 2.23. The number of likely N-dealkylation sites (N-methyl/N-ethyl adjacent to an activating group) is 1. The van der Waals surface area contributed by atoms with Crippen LogP contribution in [0.5, 0.6) is 0 Å². The van der Waals surface area contributed by atoms with Crippen LogP contribution in [0.25, 0.3) is 0 Å². The lowest BCUT2D eigenvalue weighted by molar-refractivity contribution is -0.116. The van der Waals surface area contributed by atoms with E-state index >= 15 is 0 Å². The van der Waals surface area contributed by atoms with Gasteiger partial charge in [0.05, 0.1) is 6.54 Å². The van der Waals surface area contributed by atoms with E-state index in [1.54, 1.807) is 18.4 Å². The number of anilines is 1. The molecule has 0 spiro atoms. The van der Waals surface area contributed by atoms with E-state index in [4.69, 9.17) is 0 Å². The van der Waals surface area contributed by atoms with Crippen LogP contribution in [-0.4, -0.2) is 32.2 Å². The molecule has 118 valence electrons. The second-order valence-corrected chi connectivity index (χ2v) is 7.92. The summed E-state index contributed by atoms with van der Waals surface area (Å²) in [6.07, 6.45) is 0. The zero-order valence-corrected chi connectivity index (χ0v) is 13.7. The molecule has 0 aliphatic rings. The van der Waals surface area contributed by atoms with Gasteiger partial charge in [-0.3, -0.25) is 4.79 Å². The Bertz CT molecular complexity index is 773. The van der Waals surface area contributed by atoms with Gasteiger partial charge in [0.2, 0.25) is 5.91 Å². The van der Waals surface area contributed by atoms with Crippen LogP contribution in [0.2, 0.25) is 0 Å². The molecular weight excluding hydrogens is 327 g/mol. The Balaban J connectivity index is 2.06. The number of aryl methyl sites for hydroxylation is 1. The number of nitrogens with zero attached hydrogens (tertiary/aromatic N) is 1. The van der Waals surface area contributed by atoms with Gasteiger partial charge in [-0.15, -0.1) is 11.3 Å². The van der Waals surface area contributed by atoms with Crippen molar-refractivity contribution in [1.82, 2.24) is 4.31 Å². The maximum absolute atomic E-state index is 13.0. The predicted molar refractivity (Wildman–Crippen MR) is 83.9 cm³/mol. The fourth-order valence-electron chi connectivity index (χ4n) is 1.81. The molecule has 0 bridgehead atoms. The summed E-state index contributed by atoms with van der Waals surface area (Å²) < 4.78 is 38.6. The van der Waals surface area contributed by atoms with Gasteiger partial charge in [-0.05, 0) is 42.1 Å². The first-order valence-corrected chi connectivity index (χ1v) is 8.68. The Morgan fingerprint density at radius 2 is 2.09 bits per heavy atom. The molecule has 1 heterocycles. The molecule has 8 heteroatoms. The van der Waals surface area contributed by atoms with Crippen LogP contribution < -0.4 is 5.32 Å². The van der Waals surface area contributed by atoms with Crippen molar-refractivity contribution in [3.05, 3.63) is 47.1 Å². The Hall–Kier alpha value is -1.77. The van der Waals surface area contributed by atoms with Crippen LogP contribution in [0.3, 0.4) is 0 Å². The minimum atomic E-state index is -3.67. The second kappa shape index (κ2) is 6.55. The molecule has 0 saturated heterocycles. The number of halogens is 1. The van der Waals surface area contributed by atoms with Gasteiger partial charge in [0.15, 0.2) is 0 Å². The Morgan fingerprint density at radius 1 is 1.36 bits per heavy atom. The van der Waals surface area contributed by atoms with E-state index in [1.165, 1.54) is 31.3 Å². The molecular formula is C14H15FN2O3S2. The minimum absolute atomic E-state index is 0.181. The number of benzene rings is 1. The van der Waals surface area contributed by atoms with Crippen molar-refractivity contribution in [2.24, 2.45) is 0 Å². The van der Waals surface area contributed by atoms with E-state index in [1.807, 2.05) is 0 Å². The van der Waals surface area contributed by atoms with Crippen molar-refractivity contribution in [1.29, 1.82) is 0 Å². The summed E-state index contributed by atoms with van der Waals surface area (Å²) in [6.45, 7) is 1.34. The summed E-state index contributed by atoms with van der Waals surface area (Å²) in [7, 11) is -2.33. The molecule has 1 amide bonds. The fourth-order valence-corrected chi connectivity index (χ4v) is 4.14. The van der Waals surface area contributed by atoms with Gasteiger partial charge in [0, 0.05) is 12.7 Å². The first-order valence-electron chi connectivity index (χ1n) is 6.36. The molecule has 0 atom stereocenters. The average Bonchev–Trinajstić information content (AvgIpc) is 2.96. The number of amides is 1. The van der Waals surface area contributed by atoms with Crippen molar-refractivity contribution >= 4 is 33.0 Å². The topological polar surface area (TPSA) is 66.5 Å². The van der Waals surface area contributed by atoms with Gasteiger partial charge in [-0.1, -0.05) is 6.07 Å². The lowest BCUT2D eigenvalue weighted by Crippen LogP contribution is -2.34. The summed E-state index contributed by atoms with van der Waals surface area (Å²) in [5, 5.41) is 4.23. The monoisotopic (exact) mass is 342 g/mol. The SMILES string of the molecule is Cc1cc(F)ccc1NC(=O)CN(C)S(=O)(=O)c1cccs1. The van der Waals surface area contributed by atoms with E-state index in [2.05, 4.69) is 5.32 Å². The van der Waals surface area contributed by atoms with Crippen LogP contribution in [0.4, 0.5) is 10.1 Å². The third-order valence-corrected chi connectivity index (χ3v) is 6.16. The number of carbonyl (C=O) groups is 1. The van der Waals surface area contributed by atoms with Gasteiger partial charge >= 0.3 is 0 Å². The quantitative estimate of drug-likeness (QED) is 0.908. The normalized spacial score (nSPS) is 11.6. The molecule has 0 radical (unpaired) electrons. The van der Waals surface area contributed by atoms with Gasteiger partial charge in [0.1, 0.15) is 10.0 Å². The zero-order chi connectivity index (χ0) is 16.3. The third kappa shape index (κ3) is 3.70. The smallest absolute Gasteiger partial charge is 0.252 e. The van der Waals surface area contributed by atoms with Crippen LogP contribution in [0, 0.1) is 12.7 Å². The number of nitrogens with one attached hydrogen (secondary N) is 1. The van der Waals surface area contributed by atoms with Gasteiger partial charge in [0.25, 0.3) is 10.0 Å². The molecule has 0 fully saturated rings. The number of sulfonamides is 1. The molecule has 1 aromatic carbocycles. The molecule has 2 aromatic rings. The Kier molecular flexibility index (Phi) is 4.94. The lowest BCUT2D eigenvalue weighted by Gasteiger charge is -2.16. The molecule has 0 saturated carbocycles. The standard InChI is InChI=1S/C14H15FN2O3S2/c1-10-8-11(15)5-6-12(10)16-13(18)9-17(2)22(19,20)14-4-3-7-21-14/h3-8H,9H2,1-2H3,(H,16,18).